The molecule has 1 aliphatic rings. The second kappa shape index (κ2) is 11.4. The first-order valence-corrected chi connectivity index (χ1v) is 14.0. The van der Waals surface area contributed by atoms with Crippen LogP contribution in [0.5, 0.6) is 5.75 Å². The largest absolute Gasteiger partial charge is 0.496 e. The summed E-state index contributed by atoms with van der Waals surface area (Å²) in [5, 5.41) is 6.58. The monoisotopic (exact) mass is 486 g/mol. The van der Waals surface area contributed by atoms with E-state index in [0.29, 0.717) is 35.6 Å². The van der Waals surface area contributed by atoms with Crippen LogP contribution in [0.3, 0.4) is 0 Å². The zero-order valence-electron chi connectivity index (χ0n) is 20.8. The van der Waals surface area contributed by atoms with Crippen LogP contribution in [-0.4, -0.2) is 39.3 Å². The number of carbonyl (C=O) groups is 1. The first kappa shape index (κ1) is 26.2. The summed E-state index contributed by atoms with van der Waals surface area (Å²) >= 11 is 0. The van der Waals surface area contributed by atoms with Gasteiger partial charge in [-0.2, -0.15) is 0 Å². The molecule has 0 saturated carbocycles. The van der Waals surface area contributed by atoms with Crippen LogP contribution in [0, 0.1) is 0 Å². The molecular formula is C27H38N2O4S. The van der Waals surface area contributed by atoms with Crippen LogP contribution in [0.2, 0.25) is 0 Å². The molecule has 0 unspecified atom stereocenters. The van der Waals surface area contributed by atoms with Gasteiger partial charge in [0.05, 0.1) is 23.8 Å². The Balaban J connectivity index is 2.16. The molecule has 34 heavy (non-hydrogen) atoms. The maximum Gasteiger partial charge on any atom is 0.220 e. The molecule has 2 N–H and O–H groups in total. The first-order chi connectivity index (χ1) is 16.3. The molecule has 0 aliphatic carbocycles. The van der Waals surface area contributed by atoms with Gasteiger partial charge in [0.1, 0.15) is 5.75 Å². The van der Waals surface area contributed by atoms with Crippen molar-refractivity contribution in [2.75, 3.05) is 19.4 Å². The van der Waals surface area contributed by atoms with E-state index in [4.69, 9.17) is 4.74 Å². The minimum Gasteiger partial charge on any atom is -0.496 e. The molecule has 0 aromatic heterocycles. The van der Waals surface area contributed by atoms with E-state index in [1.54, 1.807) is 13.2 Å². The van der Waals surface area contributed by atoms with E-state index in [9.17, 15) is 13.2 Å². The van der Waals surface area contributed by atoms with Gasteiger partial charge in [0.2, 0.25) is 5.91 Å². The predicted octanol–water partition coefficient (Wildman–Crippen LogP) is 4.57. The summed E-state index contributed by atoms with van der Waals surface area (Å²) in [6.07, 6.45) is 4.15. The van der Waals surface area contributed by atoms with Gasteiger partial charge < -0.3 is 10.1 Å². The van der Waals surface area contributed by atoms with Crippen LogP contribution in [0.4, 0.5) is 0 Å². The third-order valence-corrected chi connectivity index (χ3v) is 8.75. The number of aryl methyl sites for hydroxylation is 1. The average Bonchev–Trinajstić information content (AvgIpc) is 2.93. The molecule has 0 saturated heterocycles. The fourth-order valence-corrected chi connectivity index (χ4v) is 7.02. The molecule has 0 bridgehead atoms. The number of benzene rings is 2. The Morgan fingerprint density at radius 1 is 1.18 bits per heavy atom. The van der Waals surface area contributed by atoms with E-state index in [1.807, 2.05) is 43.3 Å². The molecule has 2 aromatic carbocycles. The number of ether oxygens (including phenoxy) is 1. The summed E-state index contributed by atoms with van der Waals surface area (Å²) in [6, 6.07) is 13.3. The summed E-state index contributed by atoms with van der Waals surface area (Å²) in [5.41, 5.74) is 1.94. The minimum absolute atomic E-state index is 0.0505. The van der Waals surface area contributed by atoms with Crippen molar-refractivity contribution >= 4 is 15.7 Å². The standard InChI is InChI=1S/C27H38N2O4S/c1-5-8-16-27(6-2)19-34(31,32)24-17-21(14-15-25(30)28-7-3)23(33-4)18-22(24)26(29-27)20-12-10-9-11-13-20/h9-13,17-18,26,29H,5-8,14-16,19H2,1-4H3,(H,28,30)/t26-,27-/m1/s1. The molecule has 1 amide bonds. The summed E-state index contributed by atoms with van der Waals surface area (Å²) in [5.74, 6) is 0.601. The van der Waals surface area contributed by atoms with Crippen LogP contribution in [0.1, 0.15) is 75.6 Å². The minimum atomic E-state index is -3.58. The molecule has 2 atom stereocenters. The molecule has 0 spiro atoms. The van der Waals surface area contributed by atoms with Crippen molar-refractivity contribution in [1.29, 1.82) is 0 Å². The van der Waals surface area contributed by atoms with Crippen molar-refractivity contribution in [1.82, 2.24) is 10.6 Å². The maximum atomic E-state index is 13.8. The summed E-state index contributed by atoms with van der Waals surface area (Å²) < 4.78 is 33.4. The smallest absolute Gasteiger partial charge is 0.220 e. The van der Waals surface area contributed by atoms with Crippen molar-refractivity contribution in [3.05, 3.63) is 59.2 Å². The van der Waals surface area contributed by atoms with Gasteiger partial charge >= 0.3 is 0 Å². The van der Waals surface area contributed by atoms with Crippen LogP contribution in [-0.2, 0) is 21.1 Å². The SMILES string of the molecule is CCCC[C@]1(CC)CS(=O)(=O)c2cc(CCC(=O)NCC)c(OC)cc2[C@@H](c2ccccc2)N1. The molecule has 1 aliphatic heterocycles. The fourth-order valence-electron chi connectivity index (χ4n) is 4.85. The van der Waals surface area contributed by atoms with Crippen LogP contribution < -0.4 is 15.4 Å². The molecular weight excluding hydrogens is 448 g/mol. The molecule has 0 fully saturated rings. The van der Waals surface area contributed by atoms with Crippen molar-refractivity contribution < 1.29 is 17.9 Å². The highest BCUT2D eigenvalue weighted by molar-refractivity contribution is 7.91. The maximum absolute atomic E-state index is 13.8. The van der Waals surface area contributed by atoms with Crippen molar-refractivity contribution in [3.63, 3.8) is 0 Å². The Bertz CT molecular complexity index is 1090. The van der Waals surface area contributed by atoms with Gasteiger partial charge in [-0.3, -0.25) is 10.1 Å². The first-order valence-electron chi connectivity index (χ1n) is 12.3. The number of rotatable bonds is 10. The topological polar surface area (TPSA) is 84.5 Å². The second-order valence-corrected chi connectivity index (χ2v) is 11.1. The van der Waals surface area contributed by atoms with Gasteiger partial charge in [-0.15, -0.1) is 0 Å². The van der Waals surface area contributed by atoms with Crippen molar-refractivity contribution in [3.8, 4) is 5.75 Å². The Morgan fingerprint density at radius 2 is 1.91 bits per heavy atom. The summed E-state index contributed by atoms with van der Waals surface area (Å²) in [6.45, 7) is 6.64. The number of hydrogen-bond acceptors (Lipinski definition) is 5. The number of carbonyl (C=O) groups excluding carboxylic acids is 1. The molecule has 186 valence electrons. The van der Waals surface area contributed by atoms with Gasteiger partial charge in [0, 0.05) is 18.5 Å². The van der Waals surface area contributed by atoms with E-state index in [1.165, 1.54) is 0 Å². The van der Waals surface area contributed by atoms with Crippen LogP contribution >= 0.6 is 0 Å². The highest BCUT2D eigenvalue weighted by Crippen LogP contribution is 2.41. The lowest BCUT2D eigenvalue weighted by Gasteiger charge is -2.36. The number of methoxy groups -OCH3 is 1. The van der Waals surface area contributed by atoms with Gasteiger partial charge in [-0.1, -0.05) is 57.0 Å². The Morgan fingerprint density at radius 3 is 2.53 bits per heavy atom. The zero-order chi connectivity index (χ0) is 24.8. The number of amides is 1. The normalized spacial score (nSPS) is 21.4. The Kier molecular flexibility index (Phi) is 8.77. The third-order valence-electron chi connectivity index (χ3n) is 6.79. The molecule has 6 nitrogen and oxygen atoms in total. The number of nitrogens with one attached hydrogen (secondary N) is 2. The lowest BCUT2D eigenvalue weighted by molar-refractivity contribution is -0.120. The van der Waals surface area contributed by atoms with E-state index < -0.39 is 15.4 Å². The van der Waals surface area contributed by atoms with Crippen molar-refractivity contribution in [2.45, 2.75) is 75.8 Å². The van der Waals surface area contributed by atoms with Gasteiger partial charge in [-0.05, 0) is 55.0 Å². The number of fused-ring (bicyclic) bond motifs is 1. The van der Waals surface area contributed by atoms with Crippen LogP contribution in [0.25, 0.3) is 0 Å². The van der Waals surface area contributed by atoms with E-state index in [2.05, 4.69) is 24.5 Å². The van der Waals surface area contributed by atoms with Crippen molar-refractivity contribution in [2.24, 2.45) is 0 Å². The van der Waals surface area contributed by atoms with E-state index >= 15 is 0 Å². The fraction of sp³-hybridized carbons (Fsp3) is 0.519. The van der Waals surface area contributed by atoms with Crippen LogP contribution in [0.15, 0.2) is 47.4 Å². The quantitative estimate of drug-likeness (QED) is 0.514. The van der Waals surface area contributed by atoms with E-state index in [0.717, 1.165) is 30.4 Å². The summed E-state index contributed by atoms with van der Waals surface area (Å²) in [7, 11) is -2.00. The lowest BCUT2D eigenvalue weighted by Crippen LogP contribution is -2.50. The number of hydrogen-bond donors (Lipinski definition) is 2. The Labute approximate surface area is 204 Å². The van der Waals surface area contributed by atoms with Gasteiger partial charge in [0.15, 0.2) is 9.84 Å². The van der Waals surface area contributed by atoms with Gasteiger partial charge in [0.25, 0.3) is 0 Å². The Hall–Kier alpha value is -2.38. The molecule has 7 heteroatoms. The number of unbranched alkanes of at least 4 members (excludes halogenated alkanes) is 1. The lowest BCUT2D eigenvalue weighted by atomic mass is 9.87. The molecule has 2 aromatic rings. The third kappa shape index (κ3) is 5.81. The summed E-state index contributed by atoms with van der Waals surface area (Å²) in [4.78, 5) is 12.4. The zero-order valence-corrected chi connectivity index (χ0v) is 21.6. The highest BCUT2D eigenvalue weighted by Gasteiger charge is 2.42. The average molecular weight is 487 g/mol. The second-order valence-electron chi connectivity index (χ2n) is 9.14. The van der Waals surface area contributed by atoms with Gasteiger partial charge in [-0.25, -0.2) is 8.42 Å². The van der Waals surface area contributed by atoms with E-state index in [-0.39, 0.29) is 24.1 Å². The highest BCUT2D eigenvalue weighted by atomic mass is 32.2. The number of sulfone groups is 1. The predicted molar refractivity (Wildman–Crippen MR) is 136 cm³/mol. The molecule has 1 heterocycles. The molecule has 3 rings (SSSR count). The molecule has 0 radical (unpaired) electrons.